The second-order valence-electron chi connectivity index (χ2n) is 5.89. The summed E-state index contributed by atoms with van der Waals surface area (Å²) in [6.07, 6.45) is 8.87. The summed E-state index contributed by atoms with van der Waals surface area (Å²) in [4.78, 5) is 20.8. The van der Waals surface area contributed by atoms with Crippen molar-refractivity contribution in [3.63, 3.8) is 0 Å². The zero-order valence-corrected chi connectivity index (χ0v) is 13.6. The third kappa shape index (κ3) is 4.22. The van der Waals surface area contributed by atoms with E-state index in [1.165, 1.54) is 41.3 Å². The van der Waals surface area contributed by atoms with Crippen LogP contribution in [-0.4, -0.2) is 35.6 Å². The lowest BCUT2D eigenvalue weighted by molar-refractivity contribution is 0.237. The van der Waals surface area contributed by atoms with Gasteiger partial charge in [0, 0.05) is 12.8 Å². The summed E-state index contributed by atoms with van der Waals surface area (Å²) in [7, 11) is 0. The Hall–Kier alpha value is -2.05. The Bertz CT molecular complexity index is 587. The van der Waals surface area contributed by atoms with Crippen LogP contribution < -0.4 is 0 Å². The number of hydrogen-bond acceptors (Lipinski definition) is 5. The van der Waals surface area contributed by atoms with Crippen molar-refractivity contribution in [3.05, 3.63) is 24.3 Å². The summed E-state index contributed by atoms with van der Waals surface area (Å²) in [5.41, 5.74) is 0. The highest BCUT2D eigenvalue weighted by Gasteiger charge is 2.18. The van der Waals surface area contributed by atoms with Gasteiger partial charge < -0.3 is 0 Å². The molecular weight excluding hydrogens is 280 g/mol. The fraction of sp³-hybridized carbons (Fsp3) is 0.667. The van der Waals surface area contributed by atoms with Crippen LogP contribution in [0.1, 0.15) is 58.1 Å². The van der Waals surface area contributed by atoms with Crippen LogP contribution in [0.25, 0.3) is 0 Å². The van der Waals surface area contributed by atoms with Gasteiger partial charge in [0.1, 0.15) is 18.5 Å². The Labute approximate surface area is 130 Å². The predicted molar refractivity (Wildman–Crippen MR) is 82.6 cm³/mol. The molecule has 120 valence electrons. The van der Waals surface area contributed by atoms with Crippen molar-refractivity contribution in [3.8, 4) is 0 Å². The van der Waals surface area contributed by atoms with Crippen LogP contribution in [-0.2, 0) is 12.8 Å². The van der Waals surface area contributed by atoms with Crippen LogP contribution >= 0.6 is 0 Å². The Kier molecular flexibility index (Phi) is 5.80. The quantitative estimate of drug-likeness (QED) is 0.735. The molecule has 0 aromatic carbocycles. The Morgan fingerprint density at radius 3 is 2.73 bits per heavy atom. The molecule has 0 saturated carbocycles. The SMILES string of the molecule is CCCCCCc1nc(CC(C)C)n(C(=O)n2cncn2)n1. The normalized spacial score (nSPS) is 11.3. The van der Waals surface area contributed by atoms with Gasteiger partial charge in [-0.3, -0.25) is 0 Å². The summed E-state index contributed by atoms with van der Waals surface area (Å²) < 4.78 is 2.54. The Morgan fingerprint density at radius 1 is 1.27 bits per heavy atom. The first-order valence-electron chi connectivity index (χ1n) is 7.96. The summed E-state index contributed by atoms with van der Waals surface area (Å²) >= 11 is 0. The van der Waals surface area contributed by atoms with E-state index in [9.17, 15) is 4.79 Å². The van der Waals surface area contributed by atoms with E-state index in [0.29, 0.717) is 18.2 Å². The van der Waals surface area contributed by atoms with Crippen molar-refractivity contribution in [1.82, 2.24) is 29.5 Å². The molecule has 0 spiro atoms. The van der Waals surface area contributed by atoms with Crippen molar-refractivity contribution in [2.45, 2.75) is 59.3 Å². The highest BCUT2D eigenvalue weighted by atomic mass is 16.2. The van der Waals surface area contributed by atoms with Gasteiger partial charge in [-0.25, -0.2) is 14.8 Å². The van der Waals surface area contributed by atoms with Crippen LogP contribution in [0.3, 0.4) is 0 Å². The minimum atomic E-state index is -0.333. The predicted octanol–water partition coefficient (Wildman–Crippen LogP) is 2.71. The smallest absolute Gasteiger partial charge is 0.243 e. The van der Waals surface area contributed by atoms with Gasteiger partial charge in [-0.2, -0.15) is 14.5 Å². The average Bonchev–Trinajstić information content (AvgIpc) is 3.12. The molecular formula is C15H24N6O. The molecule has 7 nitrogen and oxygen atoms in total. The monoisotopic (exact) mass is 304 g/mol. The van der Waals surface area contributed by atoms with Crippen LogP contribution in [0.15, 0.2) is 12.7 Å². The molecule has 0 aliphatic heterocycles. The van der Waals surface area contributed by atoms with E-state index in [4.69, 9.17) is 0 Å². The molecule has 0 bridgehead atoms. The number of hydrogen-bond donors (Lipinski definition) is 0. The van der Waals surface area contributed by atoms with E-state index < -0.39 is 0 Å². The number of rotatable bonds is 7. The van der Waals surface area contributed by atoms with Crippen LogP contribution in [0, 0.1) is 5.92 Å². The second-order valence-corrected chi connectivity index (χ2v) is 5.89. The third-order valence-corrected chi connectivity index (χ3v) is 3.36. The lowest BCUT2D eigenvalue weighted by Crippen LogP contribution is -2.24. The van der Waals surface area contributed by atoms with E-state index >= 15 is 0 Å². The molecule has 22 heavy (non-hydrogen) atoms. The van der Waals surface area contributed by atoms with E-state index in [1.807, 2.05) is 0 Å². The van der Waals surface area contributed by atoms with Crippen molar-refractivity contribution in [2.24, 2.45) is 5.92 Å². The number of nitrogens with zero attached hydrogens (tertiary/aromatic N) is 6. The number of aryl methyl sites for hydroxylation is 1. The number of carbonyl (C=O) groups excluding carboxylic acids is 1. The molecule has 0 atom stereocenters. The summed E-state index contributed by atoms with van der Waals surface area (Å²) in [5.74, 6) is 1.83. The number of carbonyl (C=O) groups is 1. The first-order chi connectivity index (χ1) is 10.6. The molecule has 7 heteroatoms. The van der Waals surface area contributed by atoms with Crippen molar-refractivity contribution < 1.29 is 4.79 Å². The molecule has 0 aliphatic carbocycles. The molecule has 0 amide bonds. The van der Waals surface area contributed by atoms with Gasteiger partial charge in [-0.05, 0) is 12.3 Å². The summed E-state index contributed by atoms with van der Waals surface area (Å²) in [6, 6.07) is -0.333. The molecule has 2 aromatic heterocycles. The van der Waals surface area contributed by atoms with Gasteiger partial charge in [0.2, 0.25) is 0 Å². The third-order valence-electron chi connectivity index (χ3n) is 3.36. The van der Waals surface area contributed by atoms with Gasteiger partial charge in [-0.15, -0.1) is 5.10 Å². The summed E-state index contributed by atoms with van der Waals surface area (Å²) in [6.45, 7) is 6.38. The van der Waals surface area contributed by atoms with Crippen molar-refractivity contribution in [1.29, 1.82) is 0 Å². The molecule has 0 aliphatic rings. The van der Waals surface area contributed by atoms with Crippen LogP contribution in [0.2, 0.25) is 0 Å². The topological polar surface area (TPSA) is 78.5 Å². The maximum atomic E-state index is 12.4. The van der Waals surface area contributed by atoms with Gasteiger partial charge in [-0.1, -0.05) is 40.0 Å². The van der Waals surface area contributed by atoms with E-state index in [1.54, 1.807) is 0 Å². The molecule has 2 aromatic rings. The molecule has 0 unspecified atom stereocenters. The molecule has 2 heterocycles. The summed E-state index contributed by atoms with van der Waals surface area (Å²) in [5, 5.41) is 8.26. The minimum Gasteiger partial charge on any atom is -0.243 e. The minimum absolute atomic E-state index is 0.333. The molecule has 0 radical (unpaired) electrons. The highest BCUT2D eigenvalue weighted by molar-refractivity contribution is 5.77. The van der Waals surface area contributed by atoms with Gasteiger partial charge >= 0.3 is 6.03 Å². The van der Waals surface area contributed by atoms with E-state index in [2.05, 4.69) is 40.9 Å². The lowest BCUT2D eigenvalue weighted by Gasteiger charge is -2.05. The largest absolute Gasteiger partial charge is 0.372 e. The van der Waals surface area contributed by atoms with E-state index in [0.717, 1.165) is 18.7 Å². The highest BCUT2D eigenvalue weighted by Crippen LogP contribution is 2.10. The van der Waals surface area contributed by atoms with Gasteiger partial charge in [0.25, 0.3) is 0 Å². The van der Waals surface area contributed by atoms with Crippen molar-refractivity contribution in [2.75, 3.05) is 0 Å². The second kappa shape index (κ2) is 7.82. The number of aromatic nitrogens is 6. The first-order valence-corrected chi connectivity index (χ1v) is 7.96. The molecule has 2 rings (SSSR count). The van der Waals surface area contributed by atoms with Crippen LogP contribution in [0.5, 0.6) is 0 Å². The fourth-order valence-corrected chi connectivity index (χ4v) is 2.26. The zero-order valence-electron chi connectivity index (χ0n) is 13.6. The molecule has 0 N–H and O–H groups in total. The standard InChI is InChI=1S/C15H24N6O/c1-4-5-6-7-8-13-18-14(9-12(2)3)21(19-13)15(22)20-11-16-10-17-20/h10-12H,4-9H2,1-3H3. The van der Waals surface area contributed by atoms with Gasteiger partial charge in [0.15, 0.2) is 5.82 Å². The van der Waals surface area contributed by atoms with E-state index in [-0.39, 0.29) is 6.03 Å². The molecule has 0 saturated heterocycles. The fourth-order valence-electron chi connectivity index (χ4n) is 2.26. The maximum absolute atomic E-state index is 12.4. The lowest BCUT2D eigenvalue weighted by atomic mass is 10.1. The Morgan fingerprint density at radius 2 is 2.09 bits per heavy atom. The maximum Gasteiger partial charge on any atom is 0.372 e. The average molecular weight is 304 g/mol. The zero-order chi connectivity index (χ0) is 15.9. The molecule has 0 fully saturated rings. The van der Waals surface area contributed by atoms with Gasteiger partial charge in [0.05, 0.1) is 0 Å². The van der Waals surface area contributed by atoms with Crippen LogP contribution in [0.4, 0.5) is 4.79 Å². The van der Waals surface area contributed by atoms with Crippen molar-refractivity contribution >= 4 is 6.03 Å². The Balaban J connectivity index is 2.15. The number of unbranched alkanes of at least 4 members (excludes halogenated alkanes) is 3. The first kappa shape index (κ1) is 16.3.